The Balaban J connectivity index is 2.40. The molecule has 84 valence electrons. The van der Waals surface area contributed by atoms with Gasteiger partial charge < -0.3 is 5.32 Å². The SMILES string of the molecule is CCCC(Cl)CNC(=O)c1scnc1C. The summed E-state index contributed by atoms with van der Waals surface area (Å²) < 4.78 is 0. The van der Waals surface area contributed by atoms with E-state index in [4.69, 9.17) is 11.6 Å². The number of hydrogen-bond acceptors (Lipinski definition) is 3. The Morgan fingerprint density at radius 2 is 2.47 bits per heavy atom. The van der Waals surface area contributed by atoms with E-state index in [1.165, 1.54) is 11.3 Å². The molecule has 0 saturated heterocycles. The lowest BCUT2D eigenvalue weighted by Crippen LogP contribution is -2.29. The van der Waals surface area contributed by atoms with Crippen LogP contribution in [0.5, 0.6) is 0 Å². The third-order valence-corrected chi connectivity index (χ3v) is 3.34. The second kappa shape index (κ2) is 6.08. The molecule has 1 aromatic heterocycles. The van der Waals surface area contributed by atoms with Crippen LogP contribution in [0.25, 0.3) is 0 Å². The molecule has 0 fully saturated rings. The van der Waals surface area contributed by atoms with E-state index in [1.54, 1.807) is 5.51 Å². The van der Waals surface area contributed by atoms with Crippen LogP contribution in [-0.4, -0.2) is 22.8 Å². The molecule has 1 rings (SSSR count). The first-order valence-electron chi connectivity index (χ1n) is 4.97. The summed E-state index contributed by atoms with van der Waals surface area (Å²) in [5.74, 6) is -0.0725. The van der Waals surface area contributed by atoms with Crippen molar-refractivity contribution in [2.75, 3.05) is 6.54 Å². The van der Waals surface area contributed by atoms with Gasteiger partial charge in [-0.2, -0.15) is 0 Å². The van der Waals surface area contributed by atoms with Crippen LogP contribution in [0.4, 0.5) is 0 Å². The molecule has 1 amide bonds. The Morgan fingerprint density at radius 1 is 1.73 bits per heavy atom. The van der Waals surface area contributed by atoms with Gasteiger partial charge in [0.2, 0.25) is 0 Å². The quantitative estimate of drug-likeness (QED) is 0.812. The Morgan fingerprint density at radius 3 is 3.00 bits per heavy atom. The van der Waals surface area contributed by atoms with Crippen LogP contribution in [0, 0.1) is 6.92 Å². The number of aryl methyl sites for hydroxylation is 1. The summed E-state index contributed by atoms with van der Waals surface area (Å²) in [5.41, 5.74) is 2.45. The largest absolute Gasteiger partial charge is 0.350 e. The average Bonchev–Trinajstić information content (AvgIpc) is 2.61. The highest BCUT2D eigenvalue weighted by Gasteiger charge is 2.12. The van der Waals surface area contributed by atoms with Crippen LogP contribution in [0.15, 0.2) is 5.51 Å². The monoisotopic (exact) mass is 246 g/mol. The first kappa shape index (κ1) is 12.5. The summed E-state index contributed by atoms with van der Waals surface area (Å²) in [7, 11) is 0. The summed E-state index contributed by atoms with van der Waals surface area (Å²) >= 11 is 7.36. The minimum Gasteiger partial charge on any atom is -0.350 e. The predicted octanol–water partition coefficient (Wildman–Crippen LogP) is 2.59. The summed E-state index contributed by atoms with van der Waals surface area (Å²) in [6, 6.07) is 0. The lowest BCUT2D eigenvalue weighted by molar-refractivity contribution is 0.0956. The van der Waals surface area contributed by atoms with E-state index in [9.17, 15) is 4.79 Å². The first-order chi connectivity index (χ1) is 7.15. The Labute approximate surface area is 98.9 Å². The van der Waals surface area contributed by atoms with Crippen molar-refractivity contribution >= 4 is 28.8 Å². The number of carbonyl (C=O) groups excluding carboxylic acids is 1. The lowest BCUT2D eigenvalue weighted by Gasteiger charge is -2.08. The molecule has 0 aromatic carbocycles. The highest BCUT2D eigenvalue weighted by molar-refractivity contribution is 7.11. The van der Waals surface area contributed by atoms with Crippen molar-refractivity contribution in [3.63, 3.8) is 0 Å². The number of rotatable bonds is 5. The molecule has 0 saturated carbocycles. The first-order valence-corrected chi connectivity index (χ1v) is 6.29. The van der Waals surface area contributed by atoms with Gasteiger partial charge in [-0.25, -0.2) is 4.98 Å². The molecule has 0 aliphatic heterocycles. The van der Waals surface area contributed by atoms with Crippen LogP contribution in [-0.2, 0) is 0 Å². The zero-order valence-electron chi connectivity index (χ0n) is 8.92. The van der Waals surface area contributed by atoms with E-state index >= 15 is 0 Å². The zero-order valence-corrected chi connectivity index (χ0v) is 10.5. The fourth-order valence-electron chi connectivity index (χ4n) is 1.22. The molecule has 0 bridgehead atoms. The minimum absolute atomic E-state index is 0.0205. The number of alkyl halides is 1. The van der Waals surface area contributed by atoms with Gasteiger partial charge in [0.15, 0.2) is 0 Å². The van der Waals surface area contributed by atoms with Crippen LogP contribution in [0.2, 0.25) is 0 Å². The summed E-state index contributed by atoms with van der Waals surface area (Å²) in [6.07, 6.45) is 1.95. The number of amides is 1. The van der Waals surface area contributed by atoms with Crippen molar-refractivity contribution in [1.29, 1.82) is 0 Å². The van der Waals surface area contributed by atoms with Crippen LogP contribution in [0.3, 0.4) is 0 Å². The molecule has 0 spiro atoms. The van der Waals surface area contributed by atoms with Gasteiger partial charge in [-0.05, 0) is 13.3 Å². The highest BCUT2D eigenvalue weighted by atomic mass is 35.5. The summed E-state index contributed by atoms with van der Waals surface area (Å²) in [5, 5.41) is 2.83. The van der Waals surface area contributed by atoms with E-state index < -0.39 is 0 Å². The smallest absolute Gasteiger partial charge is 0.263 e. The van der Waals surface area contributed by atoms with Crippen molar-refractivity contribution in [1.82, 2.24) is 10.3 Å². The summed E-state index contributed by atoms with van der Waals surface area (Å²) in [6.45, 7) is 4.42. The minimum atomic E-state index is -0.0725. The van der Waals surface area contributed by atoms with Gasteiger partial charge in [0.25, 0.3) is 5.91 Å². The average molecular weight is 247 g/mol. The number of nitrogens with one attached hydrogen (secondary N) is 1. The molecule has 1 atom stereocenters. The predicted molar refractivity (Wildman–Crippen MR) is 63.7 cm³/mol. The fourth-order valence-corrected chi connectivity index (χ4v) is 2.23. The number of halogens is 1. The van der Waals surface area contributed by atoms with Crippen LogP contribution in [0.1, 0.15) is 35.1 Å². The van der Waals surface area contributed by atoms with Crippen LogP contribution < -0.4 is 5.32 Å². The Kier molecular flexibility index (Phi) is 5.05. The van der Waals surface area contributed by atoms with Gasteiger partial charge in [0, 0.05) is 6.54 Å². The zero-order chi connectivity index (χ0) is 11.3. The standard InChI is InChI=1S/C10H15ClN2OS/c1-3-4-8(11)5-12-10(14)9-7(2)13-6-15-9/h6,8H,3-5H2,1-2H3,(H,12,14). The maximum absolute atomic E-state index is 11.6. The van der Waals surface area contributed by atoms with E-state index in [0.717, 1.165) is 18.5 Å². The van der Waals surface area contributed by atoms with Gasteiger partial charge in [-0.1, -0.05) is 13.3 Å². The maximum atomic E-state index is 11.6. The molecule has 1 N–H and O–H groups in total. The molecule has 0 radical (unpaired) electrons. The molecule has 1 unspecified atom stereocenters. The van der Waals surface area contributed by atoms with Crippen molar-refractivity contribution in [2.45, 2.75) is 32.1 Å². The topological polar surface area (TPSA) is 42.0 Å². The number of nitrogens with zero attached hydrogens (tertiary/aromatic N) is 1. The van der Waals surface area contributed by atoms with Crippen molar-refractivity contribution in [3.05, 3.63) is 16.1 Å². The molecule has 0 aliphatic rings. The third-order valence-electron chi connectivity index (χ3n) is 2.04. The molecule has 5 heteroatoms. The maximum Gasteiger partial charge on any atom is 0.263 e. The van der Waals surface area contributed by atoms with E-state index in [2.05, 4.69) is 17.2 Å². The van der Waals surface area contributed by atoms with Gasteiger partial charge in [-0.15, -0.1) is 22.9 Å². The molecule has 0 aliphatic carbocycles. The normalized spacial score (nSPS) is 12.5. The van der Waals surface area contributed by atoms with Gasteiger partial charge >= 0.3 is 0 Å². The van der Waals surface area contributed by atoms with Gasteiger partial charge in [0.1, 0.15) is 4.88 Å². The molecular formula is C10H15ClN2OS. The van der Waals surface area contributed by atoms with E-state index in [0.29, 0.717) is 11.4 Å². The van der Waals surface area contributed by atoms with E-state index in [-0.39, 0.29) is 11.3 Å². The van der Waals surface area contributed by atoms with Crippen molar-refractivity contribution in [2.24, 2.45) is 0 Å². The molecule has 1 aromatic rings. The van der Waals surface area contributed by atoms with E-state index in [1.807, 2.05) is 6.92 Å². The number of aromatic nitrogens is 1. The van der Waals surface area contributed by atoms with Crippen molar-refractivity contribution < 1.29 is 4.79 Å². The number of carbonyl (C=O) groups is 1. The summed E-state index contributed by atoms with van der Waals surface area (Å²) in [4.78, 5) is 16.3. The molecular weight excluding hydrogens is 232 g/mol. The fraction of sp³-hybridized carbons (Fsp3) is 0.600. The van der Waals surface area contributed by atoms with Gasteiger partial charge in [-0.3, -0.25) is 4.79 Å². The number of hydrogen-bond donors (Lipinski definition) is 1. The Hall–Kier alpha value is -0.610. The number of thiazole rings is 1. The highest BCUT2D eigenvalue weighted by Crippen LogP contribution is 2.12. The third kappa shape index (κ3) is 3.80. The Bertz CT molecular complexity index is 327. The second-order valence-corrected chi connectivity index (χ2v) is 4.83. The molecule has 3 nitrogen and oxygen atoms in total. The van der Waals surface area contributed by atoms with Gasteiger partial charge in [0.05, 0.1) is 16.6 Å². The second-order valence-electron chi connectivity index (χ2n) is 3.36. The molecule has 15 heavy (non-hydrogen) atoms. The lowest BCUT2D eigenvalue weighted by atomic mass is 10.2. The molecule has 1 heterocycles. The van der Waals surface area contributed by atoms with Crippen molar-refractivity contribution in [3.8, 4) is 0 Å². The van der Waals surface area contributed by atoms with Crippen LogP contribution >= 0.6 is 22.9 Å².